The van der Waals surface area contributed by atoms with Gasteiger partial charge in [0.25, 0.3) is 0 Å². The molecular weight excluding hydrogens is 366 g/mol. The number of amides is 1. The first-order chi connectivity index (χ1) is 12.4. The predicted octanol–water partition coefficient (Wildman–Crippen LogP) is 4.16. The fraction of sp³-hybridized carbons (Fsp3) is 0.650. The van der Waals surface area contributed by atoms with Crippen LogP contribution in [0.5, 0.6) is 11.5 Å². The molecule has 6 nitrogen and oxygen atoms in total. The summed E-state index contributed by atoms with van der Waals surface area (Å²) in [5.41, 5.74) is 0.252. The Hall–Kier alpha value is -1.60. The second-order valence-corrected chi connectivity index (χ2v) is 10.2. The van der Waals surface area contributed by atoms with Crippen molar-refractivity contribution in [2.75, 3.05) is 20.8 Å². The molecule has 1 aromatic carbocycles. The minimum absolute atomic E-state index is 0.112. The van der Waals surface area contributed by atoms with Crippen molar-refractivity contribution in [2.45, 2.75) is 63.2 Å². The number of rotatable bonds is 7. The predicted molar refractivity (Wildman–Crippen MR) is 110 cm³/mol. The summed E-state index contributed by atoms with van der Waals surface area (Å²) in [5, 5.41) is 12.6. The number of carbonyl (C=O) groups is 1. The van der Waals surface area contributed by atoms with E-state index in [0.717, 1.165) is 5.56 Å². The number of benzene rings is 1. The second kappa shape index (κ2) is 9.55. The zero-order valence-electron chi connectivity index (χ0n) is 17.6. The molecule has 2 atom stereocenters. The van der Waals surface area contributed by atoms with Crippen LogP contribution in [-0.2, 0) is 4.74 Å². The van der Waals surface area contributed by atoms with Crippen LogP contribution in [0.1, 0.15) is 52.4 Å². The van der Waals surface area contributed by atoms with Crippen LogP contribution in [0.15, 0.2) is 18.2 Å². The van der Waals surface area contributed by atoms with Gasteiger partial charge in [-0.05, 0) is 26.8 Å². The zero-order chi connectivity index (χ0) is 20.8. The van der Waals surface area contributed by atoms with Gasteiger partial charge in [-0.25, -0.2) is 4.79 Å². The molecule has 0 saturated heterocycles. The van der Waals surface area contributed by atoms with Gasteiger partial charge in [0.1, 0.15) is 17.1 Å². The van der Waals surface area contributed by atoms with E-state index in [0.29, 0.717) is 11.5 Å². The van der Waals surface area contributed by atoms with Crippen LogP contribution < -0.4 is 14.8 Å². The lowest BCUT2D eigenvalue weighted by Gasteiger charge is -2.33. The summed E-state index contributed by atoms with van der Waals surface area (Å²) in [6.45, 7) is 11.4. The highest BCUT2D eigenvalue weighted by atomic mass is 32.2. The van der Waals surface area contributed by atoms with Gasteiger partial charge in [-0.2, -0.15) is 0 Å². The number of hydrogen-bond acceptors (Lipinski definition) is 6. The van der Waals surface area contributed by atoms with Gasteiger partial charge in [-0.3, -0.25) is 0 Å². The van der Waals surface area contributed by atoms with Crippen LogP contribution in [0, 0.1) is 0 Å². The van der Waals surface area contributed by atoms with Gasteiger partial charge < -0.3 is 24.6 Å². The number of alkyl carbamates (subject to hydrolysis) is 1. The highest BCUT2D eigenvalue weighted by Crippen LogP contribution is 2.44. The molecule has 0 aliphatic carbocycles. The van der Waals surface area contributed by atoms with E-state index >= 15 is 0 Å². The molecule has 1 amide bonds. The minimum Gasteiger partial charge on any atom is -0.497 e. The maximum Gasteiger partial charge on any atom is 0.408 e. The summed E-state index contributed by atoms with van der Waals surface area (Å²) in [6, 6.07) is 5.00. The Kier molecular flexibility index (Phi) is 8.29. The lowest BCUT2D eigenvalue weighted by molar-refractivity contribution is 0.0481. The number of ether oxygens (including phenoxy) is 3. The van der Waals surface area contributed by atoms with E-state index in [9.17, 15) is 9.90 Å². The Bertz CT molecular complexity index is 622. The van der Waals surface area contributed by atoms with Gasteiger partial charge in [0.2, 0.25) is 0 Å². The quantitative estimate of drug-likeness (QED) is 0.717. The summed E-state index contributed by atoms with van der Waals surface area (Å²) in [4.78, 5) is 12.3. The van der Waals surface area contributed by atoms with Crippen molar-refractivity contribution in [3.05, 3.63) is 23.8 Å². The number of hydrogen-bond donors (Lipinski definition) is 2. The maximum atomic E-state index is 12.3. The topological polar surface area (TPSA) is 77.0 Å². The van der Waals surface area contributed by atoms with Crippen molar-refractivity contribution < 1.29 is 24.1 Å². The zero-order valence-corrected chi connectivity index (χ0v) is 18.4. The number of aliphatic hydroxyl groups excluding tert-OH is 1. The summed E-state index contributed by atoms with van der Waals surface area (Å²) < 4.78 is 16.1. The van der Waals surface area contributed by atoms with Gasteiger partial charge in [-0.15, -0.1) is 11.8 Å². The van der Waals surface area contributed by atoms with E-state index in [2.05, 4.69) is 26.1 Å². The molecule has 7 heteroatoms. The minimum atomic E-state index is -0.617. The van der Waals surface area contributed by atoms with E-state index in [-0.39, 0.29) is 16.6 Å². The van der Waals surface area contributed by atoms with Crippen LogP contribution in [0.4, 0.5) is 4.79 Å². The number of nitrogens with one attached hydrogen (secondary N) is 1. The first kappa shape index (κ1) is 23.4. The van der Waals surface area contributed by atoms with E-state index in [1.807, 2.05) is 12.1 Å². The largest absolute Gasteiger partial charge is 0.497 e. The van der Waals surface area contributed by atoms with Crippen LogP contribution in [0.25, 0.3) is 0 Å². The fourth-order valence-electron chi connectivity index (χ4n) is 2.47. The molecule has 154 valence electrons. The van der Waals surface area contributed by atoms with E-state index in [1.54, 1.807) is 52.8 Å². The van der Waals surface area contributed by atoms with Gasteiger partial charge >= 0.3 is 6.09 Å². The van der Waals surface area contributed by atoms with Gasteiger partial charge in [0.05, 0.1) is 32.1 Å². The van der Waals surface area contributed by atoms with E-state index in [4.69, 9.17) is 14.2 Å². The van der Waals surface area contributed by atoms with Crippen molar-refractivity contribution in [3.8, 4) is 11.5 Å². The maximum absolute atomic E-state index is 12.3. The Balaban J connectivity index is 3.24. The lowest BCUT2D eigenvalue weighted by Crippen LogP contribution is -2.44. The van der Waals surface area contributed by atoms with Crippen molar-refractivity contribution >= 4 is 17.9 Å². The standard InChI is InChI=1S/C20H33NO5S/c1-19(2,3)26-18(23)21-15(12-22)17(27-20(4,5)6)14-10-9-13(24-7)11-16(14)25-8/h9-11,15,17,22H,12H2,1-8H3,(H,21,23)/t15-,17-/m1/s1. The van der Waals surface area contributed by atoms with Crippen molar-refractivity contribution in [2.24, 2.45) is 0 Å². The molecule has 1 rings (SSSR count). The molecule has 1 aromatic rings. The summed E-state index contributed by atoms with van der Waals surface area (Å²) in [7, 11) is 3.18. The number of thioether (sulfide) groups is 1. The first-order valence-corrected chi connectivity index (χ1v) is 9.78. The molecule has 0 spiro atoms. The Morgan fingerprint density at radius 2 is 1.78 bits per heavy atom. The van der Waals surface area contributed by atoms with Crippen molar-refractivity contribution in [3.63, 3.8) is 0 Å². The van der Waals surface area contributed by atoms with Crippen molar-refractivity contribution in [1.82, 2.24) is 5.32 Å². The van der Waals surface area contributed by atoms with E-state index < -0.39 is 17.7 Å². The van der Waals surface area contributed by atoms with Gasteiger partial charge in [0.15, 0.2) is 0 Å². The normalized spacial score (nSPS) is 14.3. The molecule has 0 radical (unpaired) electrons. The summed E-state index contributed by atoms with van der Waals surface area (Å²) in [5.74, 6) is 1.32. The molecule has 0 saturated carbocycles. The molecule has 2 N–H and O–H groups in total. The average molecular weight is 400 g/mol. The second-order valence-electron chi connectivity index (χ2n) is 8.19. The third-order valence-corrected chi connectivity index (χ3v) is 5.04. The van der Waals surface area contributed by atoms with E-state index in [1.165, 1.54) is 0 Å². The lowest BCUT2D eigenvalue weighted by atomic mass is 10.0. The number of carbonyl (C=O) groups excluding carboxylic acids is 1. The van der Waals surface area contributed by atoms with Crippen LogP contribution in [0.2, 0.25) is 0 Å². The molecule has 0 aliphatic rings. The van der Waals surface area contributed by atoms with Crippen LogP contribution in [-0.4, -0.2) is 48.4 Å². The third kappa shape index (κ3) is 7.89. The first-order valence-electron chi connectivity index (χ1n) is 8.90. The molecule has 0 unspecified atom stereocenters. The summed E-state index contributed by atoms with van der Waals surface area (Å²) >= 11 is 1.64. The van der Waals surface area contributed by atoms with Gasteiger partial charge in [0, 0.05) is 16.4 Å². The summed E-state index contributed by atoms with van der Waals surface area (Å²) in [6.07, 6.45) is -0.562. The molecule has 27 heavy (non-hydrogen) atoms. The Labute approximate surface area is 167 Å². The van der Waals surface area contributed by atoms with Crippen LogP contribution in [0.3, 0.4) is 0 Å². The molecule has 0 bridgehead atoms. The highest BCUT2D eigenvalue weighted by Gasteiger charge is 2.32. The number of methoxy groups -OCH3 is 2. The third-order valence-electron chi connectivity index (χ3n) is 3.49. The molecule has 0 aromatic heterocycles. The number of aliphatic hydroxyl groups is 1. The Morgan fingerprint density at radius 3 is 2.22 bits per heavy atom. The Morgan fingerprint density at radius 1 is 1.15 bits per heavy atom. The van der Waals surface area contributed by atoms with Crippen LogP contribution >= 0.6 is 11.8 Å². The highest BCUT2D eigenvalue weighted by molar-refractivity contribution is 8.00. The average Bonchev–Trinajstić information content (AvgIpc) is 2.54. The van der Waals surface area contributed by atoms with Gasteiger partial charge in [-0.1, -0.05) is 26.8 Å². The molecule has 0 heterocycles. The monoisotopic (exact) mass is 399 g/mol. The SMILES string of the molecule is COc1ccc([C@@H](SC(C)(C)C)[C@@H](CO)NC(=O)OC(C)(C)C)c(OC)c1. The molecular formula is C20H33NO5S. The fourth-order valence-corrected chi connectivity index (χ4v) is 3.87. The molecule has 0 fully saturated rings. The smallest absolute Gasteiger partial charge is 0.408 e. The van der Waals surface area contributed by atoms with Crippen molar-refractivity contribution in [1.29, 1.82) is 0 Å². The molecule has 0 aliphatic heterocycles.